The molecule has 3 rings (SSSR count). The first-order valence-corrected chi connectivity index (χ1v) is 6.33. The van der Waals surface area contributed by atoms with E-state index < -0.39 is 0 Å². The largest absolute Gasteiger partial charge is 0.467 e. The fourth-order valence-electron chi connectivity index (χ4n) is 2.11. The Kier molecular flexibility index (Phi) is 3.07. The highest BCUT2D eigenvalue weighted by molar-refractivity contribution is 5.94. The number of nitrogens with zero attached hydrogens (tertiary/aromatic N) is 1. The van der Waals surface area contributed by atoms with Gasteiger partial charge < -0.3 is 9.32 Å². The molecule has 0 radical (unpaired) electrons. The first-order chi connectivity index (χ1) is 9.24. The predicted octanol–water partition coefficient (Wildman–Crippen LogP) is 3.22. The Hall–Kier alpha value is -2.10. The quantitative estimate of drug-likeness (QED) is 0.844. The molecule has 0 unspecified atom stereocenters. The van der Waals surface area contributed by atoms with Gasteiger partial charge in [-0.3, -0.25) is 4.79 Å². The highest BCUT2D eigenvalue weighted by Crippen LogP contribution is 2.30. The van der Waals surface area contributed by atoms with Gasteiger partial charge in [-0.1, -0.05) is 6.07 Å². The van der Waals surface area contributed by atoms with Crippen molar-refractivity contribution < 1.29 is 13.6 Å². The molecule has 0 aliphatic heterocycles. The van der Waals surface area contributed by atoms with Crippen molar-refractivity contribution in [2.24, 2.45) is 0 Å². The topological polar surface area (TPSA) is 33.5 Å². The van der Waals surface area contributed by atoms with Crippen molar-refractivity contribution >= 4 is 5.91 Å². The fraction of sp³-hybridized carbons (Fsp3) is 0.267. The summed E-state index contributed by atoms with van der Waals surface area (Å²) in [6, 6.07) is 9.70. The molecule has 1 amide bonds. The molecule has 0 spiro atoms. The summed E-state index contributed by atoms with van der Waals surface area (Å²) < 4.78 is 18.5. The molecule has 1 heterocycles. The smallest absolute Gasteiger partial charge is 0.254 e. The number of hydrogen-bond acceptors (Lipinski definition) is 2. The monoisotopic (exact) mass is 259 g/mol. The minimum atomic E-state index is -0.389. The number of rotatable bonds is 4. The second-order valence-electron chi connectivity index (χ2n) is 4.75. The van der Waals surface area contributed by atoms with Gasteiger partial charge in [0.05, 0.1) is 12.8 Å². The molecule has 98 valence electrons. The van der Waals surface area contributed by atoms with E-state index >= 15 is 0 Å². The minimum absolute atomic E-state index is 0.140. The van der Waals surface area contributed by atoms with Gasteiger partial charge in [0.2, 0.25) is 0 Å². The van der Waals surface area contributed by atoms with Gasteiger partial charge in [-0.25, -0.2) is 4.39 Å². The van der Waals surface area contributed by atoms with E-state index in [0.717, 1.165) is 18.6 Å². The SMILES string of the molecule is O=C(c1cccc(F)c1)N(Cc1ccco1)C1CC1. The third-order valence-electron chi connectivity index (χ3n) is 3.23. The normalized spacial score (nSPS) is 14.4. The van der Waals surface area contributed by atoms with E-state index in [1.54, 1.807) is 29.4 Å². The van der Waals surface area contributed by atoms with Crippen LogP contribution in [0.3, 0.4) is 0 Å². The van der Waals surface area contributed by atoms with E-state index in [2.05, 4.69) is 0 Å². The summed E-state index contributed by atoms with van der Waals surface area (Å²) in [5, 5.41) is 0. The maximum Gasteiger partial charge on any atom is 0.254 e. The molecule has 19 heavy (non-hydrogen) atoms. The molecule has 0 atom stereocenters. The summed E-state index contributed by atoms with van der Waals surface area (Å²) >= 11 is 0. The number of carbonyl (C=O) groups is 1. The number of benzene rings is 1. The molecule has 0 bridgehead atoms. The Morgan fingerprint density at radius 3 is 2.79 bits per heavy atom. The molecular formula is C15H14FNO2. The van der Waals surface area contributed by atoms with E-state index in [-0.39, 0.29) is 17.8 Å². The highest BCUT2D eigenvalue weighted by atomic mass is 19.1. The van der Waals surface area contributed by atoms with Crippen LogP contribution in [0.15, 0.2) is 47.1 Å². The van der Waals surface area contributed by atoms with Gasteiger partial charge in [0.15, 0.2) is 0 Å². The van der Waals surface area contributed by atoms with Crippen LogP contribution in [0.1, 0.15) is 29.0 Å². The minimum Gasteiger partial charge on any atom is -0.467 e. The number of furan rings is 1. The van der Waals surface area contributed by atoms with Gasteiger partial charge in [-0.15, -0.1) is 0 Å². The second-order valence-corrected chi connectivity index (χ2v) is 4.75. The Labute approximate surface area is 110 Å². The van der Waals surface area contributed by atoms with Crippen LogP contribution in [-0.4, -0.2) is 16.8 Å². The van der Waals surface area contributed by atoms with Gasteiger partial charge in [-0.2, -0.15) is 0 Å². The molecule has 1 saturated carbocycles. The Bertz CT molecular complexity index is 576. The van der Waals surface area contributed by atoms with Crippen molar-refractivity contribution in [1.82, 2.24) is 4.90 Å². The first-order valence-electron chi connectivity index (χ1n) is 6.33. The molecule has 3 nitrogen and oxygen atoms in total. The van der Waals surface area contributed by atoms with Crippen LogP contribution >= 0.6 is 0 Å². The van der Waals surface area contributed by atoms with E-state index in [4.69, 9.17) is 4.42 Å². The van der Waals surface area contributed by atoms with Gasteiger partial charge in [0.25, 0.3) is 5.91 Å². The Balaban J connectivity index is 1.82. The summed E-state index contributed by atoms with van der Waals surface area (Å²) in [5.41, 5.74) is 0.387. The standard InChI is InChI=1S/C15H14FNO2/c16-12-4-1-3-11(9-12)15(18)17(13-6-7-13)10-14-5-2-8-19-14/h1-5,8-9,13H,6-7,10H2. The lowest BCUT2D eigenvalue weighted by Gasteiger charge is -2.21. The lowest BCUT2D eigenvalue weighted by Crippen LogP contribution is -2.32. The van der Waals surface area contributed by atoms with Crippen LogP contribution in [0.4, 0.5) is 4.39 Å². The van der Waals surface area contributed by atoms with Crippen molar-refractivity contribution in [3.05, 3.63) is 59.8 Å². The summed E-state index contributed by atoms with van der Waals surface area (Å²) in [6.07, 6.45) is 3.59. The third-order valence-corrected chi connectivity index (χ3v) is 3.23. The van der Waals surface area contributed by atoms with Crippen molar-refractivity contribution in [1.29, 1.82) is 0 Å². The van der Waals surface area contributed by atoms with Crippen molar-refractivity contribution in [3.63, 3.8) is 0 Å². The number of carbonyl (C=O) groups excluding carboxylic acids is 1. The number of hydrogen-bond donors (Lipinski definition) is 0. The molecule has 1 aromatic carbocycles. The molecule has 4 heteroatoms. The third kappa shape index (κ3) is 2.67. The van der Waals surface area contributed by atoms with Crippen LogP contribution in [0.2, 0.25) is 0 Å². The molecule has 0 saturated heterocycles. The van der Waals surface area contributed by atoms with Gasteiger partial charge in [0.1, 0.15) is 11.6 Å². The maximum absolute atomic E-state index is 13.2. The average Bonchev–Trinajstić information content (AvgIpc) is 3.12. The zero-order chi connectivity index (χ0) is 13.2. The number of amides is 1. The Morgan fingerprint density at radius 1 is 1.32 bits per heavy atom. The van der Waals surface area contributed by atoms with Crippen LogP contribution in [0.5, 0.6) is 0 Å². The summed E-state index contributed by atoms with van der Waals surface area (Å²) in [5.74, 6) is 0.217. The summed E-state index contributed by atoms with van der Waals surface area (Å²) in [7, 11) is 0. The zero-order valence-electron chi connectivity index (χ0n) is 10.4. The van der Waals surface area contributed by atoms with Crippen LogP contribution in [0.25, 0.3) is 0 Å². The first kappa shape index (κ1) is 12.0. The number of halogens is 1. The van der Waals surface area contributed by atoms with Gasteiger partial charge >= 0.3 is 0 Å². The van der Waals surface area contributed by atoms with Crippen LogP contribution in [0, 0.1) is 5.82 Å². The van der Waals surface area contributed by atoms with Gasteiger partial charge in [-0.05, 0) is 43.2 Å². The van der Waals surface area contributed by atoms with Crippen LogP contribution in [-0.2, 0) is 6.54 Å². The predicted molar refractivity (Wildman–Crippen MR) is 68.0 cm³/mol. The second kappa shape index (κ2) is 4.88. The molecule has 2 aromatic rings. The maximum atomic E-state index is 13.2. The van der Waals surface area contributed by atoms with Gasteiger partial charge in [0, 0.05) is 11.6 Å². The van der Waals surface area contributed by atoms with E-state index in [1.165, 1.54) is 12.1 Å². The van der Waals surface area contributed by atoms with E-state index in [9.17, 15) is 9.18 Å². The summed E-state index contributed by atoms with van der Waals surface area (Å²) in [4.78, 5) is 14.2. The van der Waals surface area contributed by atoms with E-state index in [0.29, 0.717) is 12.1 Å². The molecule has 1 aliphatic carbocycles. The lowest BCUT2D eigenvalue weighted by atomic mass is 10.2. The van der Waals surface area contributed by atoms with Crippen molar-refractivity contribution in [2.45, 2.75) is 25.4 Å². The van der Waals surface area contributed by atoms with Crippen LogP contribution < -0.4 is 0 Å². The molecule has 1 aromatic heterocycles. The molecule has 1 fully saturated rings. The van der Waals surface area contributed by atoms with E-state index in [1.807, 2.05) is 6.07 Å². The van der Waals surface area contributed by atoms with Crippen molar-refractivity contribution in [3.8, 4) is 0 Å². The molecular weight excluding hydrogens is 245 g/mol. The fourth-order valence-corrected chi connectivity index (χ4v) is 2.11. The summed E-state index contributed by atoms with van der Waals surface area (Å²) in [6.45, 7) is 0.438. The van der Waals surface area contributed by atoms with Crippen molar-refractivity contribution in [2.75, 3.05) is 0 Å². The molecule has 1 aliphatic rings. The zero-order valence-corrected chi connectivity index (χ0v) is 10.4. The lowest BCUT2D eigenvalue weighted by molar-refractivity contribution is 0.0717. The molecule has 0 N–H and O–H groups in total. The highest BCUT2D eigenvalue weighted by Gasteiger charge is 2.33. The average molecular weight is 259 g/mol. The Morgan fingerprint density at radius 2 is 2.16 bits per heavy atom.